The van der Waals surface area contributed by atoms with E-state index in [0.29, 0.717) is 12.5 Å². The van der Waals surface area contributed by atoms with E-state index in [1.165, 1.54) is 51.4 Å². The summed E-state index contributed by atoms with van der Waals surface area (Å²) in [6.45, 7) is 0.638. The van der Waals surface area contributed by atoms with Gasteiger partial charge < -0.3 is 10.3 Å². The lowest BCUT2D eigenvalue weighted by atomic mass is 9.74. The minimum atomic E-state index is -0.0296. The molecule has 1 aromatic rings. The first-order valence-corrected chi connectivity index (χ1v) is 7.88. The van der Waals surface area contributed by atoms with Crippen molar-refractivity contribution in [2.24, 2.45) is 5.73 Å². The van der Waals surface area contributed by atoms with Crippen molar-refractivity contribution in [2.45, 2.75) is 75.5 Å². The van der Waals surface area contributed by atoms with E-state index in [4.69, 9.17) is 15.2 Å². The smallest absolute Gasteiger partial charge is 0.234 e. The molecule has 1 aromatic heterocycles. The third kappa shape index (κ3) is 2.55. The van der Waals surface area contributed by atoms with Crippen LogP contribution in [-0.4, -0.2) is 16.7 Å². The Hall–Kier alpha value is -0.900. The summed E-state index contributed by atoms with van der Waals surface area (Å²) < 4.78 is 5.61. The summed E-state index contributed by atoms with van der Waals surface area (Å²) in [6, 6.07) is 0. The molecule has 0 atom stereocenters. The van der Waals surface area contributed by atoms with Crippen molar-refractivity contribution >= 4 is 0 Å². The van der Waals surface area contributed by atoms with Gasteiger partial charge in [0.2, 0.25) is 5.89 Å². The minimum absolute atomic E-state index is 0.0296. The molecule has 2 aliphatic carbocycles. The molecule has 0 unspecified atom stereocenters. The molecule has 4 nitrogen and oxygen atoms in total. The van der Waals surface area contributed by atoms with Crippen molar-refractivity contribution in [3.63, 3.8) is 0 Å². The Morgan fingerprint density at radius 3 is 2.42 bits per heavy atom. The summed E-state index contributed by atoms with van der Waals surface area (Å²) in [6.07, 6.45) is 12.4. The molecule has 0 amide bonds. The fourth-order valence-corrected chi connectivity index (χ4v) is 3.71. The largest absolute Gasteiger partial charge is 0.339 e. The number of hydrogen-bond donors (Lipinski definition) is 1. The second kappa shape index (κ2) is 5.61. The van der Waals surface area contributed by atoms with Gasteiger partial charge >= 0.3 is 0 Å². The molecule has 1 heterocycles. The highest BCUT2D eigenvalue weighted by atomic mass is 16.5. The first-order chi connectivity index (χ1) is 9.34. The van der Waals surface area contributed by atoms with Crippen LogP contribution in [0.25, 0.3) is 0 Å². The van der Waals surface area contributed by atoms with Crippen LogP contribution >= 0.6 is 0 Å². The summed E-state index contributed by atoms with van der Waals surface area (Å²) in [4.78, 5) is 4.74. The maximum absolute atomic E-state index is 6.03. The Morgan fingerprint density at radius 1 is 1.05 bits per heavy atom. The van der Waals surface area contributed by atoms with Crippen molar-refractivity contribution in [2.75, 3.05) is 6.54 Å². The summed E-state index contributed by atoms with van der Waals surface area (Å²) in [5, 5.41) is 4.27. The minimum Gasteiger partial charge on any atom is -0.339 e. The molecule has 0 spiro atoms. The van der Waals surface area contributed by atoms with Crippen LogP contribution in [0, 0.1) is 0 Å². The molecule has 19 heavy (non-hydrogen) atoms. The molecule has 4 heteroatoms. The molecule has 0 aliphatic heterocycles. The molecule has 0 aromatic carbocycles. The highest BCUT2D eigenvalue weighted by molar-refractivity contribution is 5.09. The average Bonchev–Trinajstić information content (AvgIpc) is 2.99. The maximum Gasteiger partial charge on any atom is 0.234 e. The van der Waals surface area contributed by atoms with Crippen LogP contribution < -0.4 is 5.73 Å². The van der Waals surface area contributed by atoms with Crippen molar-refractivity contribution < 1.29 is 4.52 Å². The van der Waals surface area contributed by atoms with Crippen molar-refractivity contribution in [1.82, 2.24) is 10.1 Å². The highest BCUT2D eigenvalue weighted by Gasteiger charge is 2.38. The fraction of sp³-hybridized carbons (Fsp3) is 0.867. The molecule has 0 radical (unpaired) electrons. The van der Waals surface area contributed by atoms with Crippen molar-refractivity contribution in [3.05, 3.63) is 11.7 Å². The summed E-state index contributed by atoms with van der Waals surface area (Å²) in [5.74, 6) is 2.27. The van der Waals surface area contributed by atoms with Gasteiger partial charge in [-0.1, -0.05) is 43.7 Å². The van der Waals surface area contributed by atoms with Crippen LogP contribution in [0.15, 0.2) is 4.52 Å². The normalized spacial score (nSPS) is 24.5. The molecule has 2 saturated carbocycles. The van der Waals surface area contributed by atoms with Gasteiger partial charge in [0.15, 0.2) is 5.82 Å². The quantitative estimate of drug-likeness (QED) is 0.909. The highest BCUT2D eigenvalue weighted by Crippen LogP contribution is 2.39. The van der Waals surface area contributed by atoms with Crippen LogP contribution in [0.4, 0.5) is 0 Å². The predicted octanol–water partition coefficient (Wildman–Crippen LogP) is 3.28. The molecule has 106 valence electrons. The average molecular weight is 263 g/mol. The van der Waals surface area contributed by atoms with Gasteiger partial charge in [0.25, 0.3) is 0 Å². The topological polar surface area (TPSA) is 64.9 Å². The first-order valence-electron chi connectivity index (χ1n) is 7.88. The number of nitrogens with two attached hydrogens (primary N) is 1. The van der Waals surface area contributed by atoms with Crippen LogP contribution in [0.2, 0.25) is 0 Å². The number of hydrogen-bond acceptors (Lipinski definition) is 4. The number of nitrogens with zero attached hydrogens (tertiary/aromatic N) is 2. The predicted molar refractivity (Wildman–Crippen MR) is 73.9 cm³/mol. The van der Waals surface area contributed by atoms with E-state index < -0.39 is 0 Å². The zero-order chi connectivity index (χ0) is 13.1. The van der Waals surface area contributed by atoms with Gasteiger partial charge in [0, 0.05) is 12.5 Å². The first kappa shape index (κ1) is 13.1. The van der Waals surface area contributed by atoms with E-state index in [1.807, 2.05) is 0 Å². The van der Waals surface area contributed by atoms with Crippen LogP contribution in [0.1, 0.15) is 81.8 Å². The lowest BCUT2D eigenvalue weighted by molar-refractivity contribution is 0.219. The van der Waals surface area contributed by atoms with E-state index >= 15 is 0 Å². The molecule has 0 bridgehead atoms. The van der Waals surface area contributed by atoms with Gasteiger partial charge in [-0.15, -0.1) is 0 Å². The summed E-state index contributed by atoms with van der Waals surface area (Å²) in [7, 11) is 0. The van der Waals surface area contributed by atoms with Crippen LogP contribution in [0.3, 0.4) is 0 Å². The Labute approximate surface area is 115 Å². The van der Waals surface area contributed by atoms with Gasteiger partial charge in [0.05, 0.1) is 5.41 Å². The second-order valence-corrected chi connectivity index (χ2v) is 6.34. The number of rotatable bonds is 3. The van der Waals surface area contributed by atoms with E-state index in [1.54, 1.807) is 0 Å². The molecule has 2 N–H and O–H groups in total. The van der Waals surface area contributed by atoms with Gasteiger partial charge in [0.1, 0.15) is 0 Å². The SMILES string of the molecule is NCC1(c2nc(C3CCCCC3)no2)CCCCC1. The van der Waals surface area contributed by atoms with Gasteiger partial charge in [-0.3, -0.25) is 0 Å². The Bertz CT molecular complexity index is 403. The van der Waals surface area contributed by atoms with Crippen LogP contribution in [0.5, 0.6) is 0 Å². The molecule has 2 fully saturated rings. The lowest BCUT2D eigenvalue weighted by Crippen LogP contribution is -2.37. The maximum atomic E-state index is 6.03. The Balaban J connectivity index is 1.79. The third-order valence-corrected chi connectivity index (χ3v) is 5.07. The zero-order valence-electron chi connectivity index (χ0n) is 11.7. The molecular formula is C15H25N3O. The molecule has 0 saturated heterocycles. The monoisotopic (exact) mass is 263 g/mol. The van der Waals surface area contributed by atoms with Crippen LogP contribution in [-0.2, 0) is 5.41 Å². The van der Waals surface area contributed by atoms with Gasteiger partial charge in [-0.25, -0.2) is 0 Å². The summed E-state index contributed by atoms with van der Waals surface area (Å²) >= 11 is 0. The Kier molecular flexibility index (Phi) is 3.87. The molecular weight excluding hydrogens is 238 g/mol. The van der Waals surface area contributed by atoms with E-state index in [2.05, 4.69) is 5.16 Å². The zero-order valence-corrected chi connectivity index (χ0v) is 11.7. The lowest BCUT2D eigenvalue weighted by Gasteiger charge is -2.32. The van der Waals surface area contributed by atoms with Gasteiger partial charge in [-0.05, 0) is 25.7 Å². The third-order valence-electron chi connectivity index (χ3n) is 5.07. The second-order valence-electron chi connectivity index (χ2n) is 6.34. The fourth-order valence-electron chi connectivity index (χ4n) is 3.71. The summed E-state index contributed by atoms with van der Waals surface area (Å²) in [5.41, 5.74) is 6.00. The van der Waals surface area contributed by atoms with E-state index in [-0.39, 0.29) is 5.41 Å². The molecule has 2 aliphatic rings. The van der Waals surface area contributed by atoms with E-state index in [9.17, 15) is 0 Å². The van der Waals surface area contributed by atoms with Gasteiger partial charge in [-0.2, -0.15) is 4.98 Å². The standard InChI is InChI=1S/C15H25N3O/c16-11-15(9-5-2-6-10-15)14-17-13(18-19-14)12-7-3-1-4-8-12/h12H,1-11,16H2. The molecule has 3 rings (SSSR count). The number of aromatic nitrogens is 2. The van der Waals surface area contributed by atoms with E-state index in [0.717, 1.165) is 24.6 Å². The Morgan fingerprint density at radius 2 is 1.74 bits per heavy atom. The van der Waals surface area contributed by atoms with Crippen molar-refractivity contribution in [1.29, 1.82) is 0 Å². The van der Waals surface area contributed by atoms with Crippen molar-refractivity contribution in [3.8, 4) is 0 Å².